The van der Waals surface area contributed by atoms with Crippen LogP contribution in [0, 0.1) is 0 Å². The van der Waals surface area contributed by atoms with E-state index < -0.39 is 0 Å². The molecule has 2 aliphatic heterocycles. The number of para-hydroxylation sites is 1. The van der Waals surface area contributed by atoms with E-state index in [4.69, 9.17) is 0 Å². The van der Waals surface area contributed by atoms with Gasteiger partial charge in [0.15, 0.2) is 0 Å². The van der Waals surface area contributed by atoms with Crippen LogP contribution in [0.25, 0.3) is 27.3 Å². The van der Waals surface area contributed by atoms with Gasteiger partial charge in [0.2, 0.25) is 5.13 Å². The van der Waals surface area contributed by atoms with Gasteiger partial charge in [-0.1, -0.05) is 18.2 Å². The molecule has 2 aliphatic rings. The van der Waals surface area contributed by atoms with E-state index in [1.165, 1.54) is 16.0 Å². The number of rotatable bonds is 1. The Morgan fingerprint density at radius 1 is 1.26 bits per heavy atom. The van der Waals surface area contributed by atoms with Crippen molar-refractivity contribution in [1.82, 2.24) is 19.7 Å². The number of nitrogens with one attached hydrogen (secondary N) is 1. The minimum Gasteiger partial charge on any atom is -0.360 e. The molecule has 0 radical (unpaired) electrons. The molecule has 1 aromatic carbocycles. The van der Waals surface area contributed by atoms with Crippen LogP contribution in [0.15, 0.2) is 46.8 Å². The molecular formula is C13H8N4OS. The van der Waals surface area contributed by atoms with E-state index in [0.717, 1.165) is 10.9 Å². The molecule has 0 saturated heterocycles. The molecule has 5 nitrogen and oxygen atoms in total. The van der Waals surface area contributed by atoms with Crippen molar-refractivity contribution < 1.29 is 0 Å². The molecule has 0 aliphatic carbocycles. The summed E-state index contributed by atoms with van der Waals surface area (Å²) in [4.78, 5) is 19.6. The Kier molecular flexibility index (Phi) is 2.07. The first-order chi connectivity index (χ1) is 9.34. The van der Waals surface area contributed by atoms with Crippen molar-refractivity contribution in [2.45, 2.75) is 0 Å². The van der Waals surface area contributed by atoms with E-state index >= 15 is 0 Å². The van der Waals surface area contributed by atoms with Crippen molar-refractivity contribution >= 4 is 22.2 Å². The molecule has 0 amide bonds. The third-order valence-electron chi connectivity index (χ3n) is 3.03. The molecule has 0 saturated carbocycles. The van der Waals surface area contributed by atoms with Crippen LogP contribution < -0.4 is 5.56 Å². The van der Waals surface area contributed by atoms with Crippen molar-refractivity contribution in [3.63, 3.8) is 0 Å². The topological polar surface area (TPSA) is 63.6 Å². The Labute approximate surface area is 111 Å². The van der Waals surface area contributed by atoms with Gasteiger partial charge >= 0.3 is 0 Å². The largest absolute Gasteiger partial charge is 0.360 e. The van der Waals surface area contributed by atoms with Gasteiger partial charge in [-0.25, -0.2) is 4.98 Å². The first kappa shape index (κ1) is 10.5. The molecule has 1 aromatic heterocycles. The van der Waals surface area contributed by atoms with Gasteiger partial charge < -0.3 is 4.98 Å². The number of hydrogen-bond acceptors (Lipinski definition) is 4. The Hall–Kier alpha value is -2.47. The van der Waals surface area contributed by atoms with Crippen LogP contribution in [0.3, 0.4) is 0 Å². The lowest BCUT2D eigenvalue weighted by Crippen LogP contribution is -2.14. The minimum absolute atomic E-state index is 0.146. The van der Waals surface area contributed by atoms with Crippen LogP contribution in [0.2, 0.25) is 0 Å². The van der Waals surface area contributed by atoms with Crippen molar-refractivity contribution in [2.24, 2.45) is 0 Å². The summed E-state index contributed by atoms with van der Waals surface area (Å²) in [6.07, 6.45) is 3.37. The summed E-state index contributed by atoms with van der Waals surface area (Å²) >= 11 is 1.39. The lowest BCUT2D eigenvalue weighted by atomic mass is 10.1. The fraction of sp³-hybridized carbons (Fsp3) is 0. The van der Waals surface area contributed by atoms with E-state index in [1.54, 1.807) is 12.4 Å². The summed E-state index contributed by atoms with van der Waals surface area (Å²) in [6.45, 7) is 0. The standard InChI is InChI=1S/C13H8N4OS/c18-12-9-7-15-10-4-2-1-3-8(10)11(9)16-17(12)13-14-5-6-19-13/h1-7,15H. The summed E-state index contributed by atoms with van der Waals surface area (Å²) in [7, 11) is 0. The van der Waals surface area contributed by atoms with Gasteiger partial charge in [-0.3, -0.25) is 4.79 Å². The molecule has 0 bridgehead atoms. The number of pyridine rings is 1. The predicted molar refractivity (Wildman–Crippen MR) is 74.0 cm³/mol. The number of benzene rings is 1. The molecule has 0 fully saturated rings. The second-order valence-electron chi connectivity index (χ2n) is 4.13. The van der Waals surface area contributed by atoms with Crippen molar-refractivity contribution in [2.75, 3.05) is 0 Å². The second-order valence-corrected chi connectivity index (χ2v) is 5.00. The molecule has 19 heavy (non-hydrogen) atoms. The van der Waals surface area contributed by atoms with Gasteiger partial charge in [0.05, 0.1) is 5.56 Å². The summed E-state index contributed by atoms with van der Waals surface area (Å²) < 4.78 is 1.36. The smallest absolute Gasteiger partial charge is 0.284 e. The van der Waals surface area contributed by atoms with E-state index in [9.17, 15) is 4.79 Å². The average Bonchev–Trinajstić information content (AvgIpc) is 3.07. The van der Waals surface area contributed by atoms with Crippen LogP contribution >= 0.6 is 11.3 Å². The highest BCUT2D eigenvalue weighted by Crippen LogP contribution is 2.25. The summed E-state index contributed by atoms with van der Waals surface area (Å²) in [6, 6.07) is 7.79. The lowest BCUT2D eigenvalue weighted by molar-refractivity contribution is 0.849. The zero-order valence-corrected chi connectivity index (χ0v) is 10.5. The molecule has 0 atom stereocenters. The Morgan fingerprint density at radius 3 is 3.00 bits per heavy atom. The summed E-state index contributed by atoms with van der Waals surface area (Å²) in [5.74, 6) is 0. The molecular weight excluding hydrogens is 260 g/mol. The molecule has 1 N–H and O–H groups in total. The van der Waals surface area contributed by atoms with Crippen molar-refractivity contribution in [1.29, 1.82) is 0 Å². The van der Waals surface area contributed by atoms with Crippen molar-refractivity contribution in [3.8, 4) is 16.4 Å². The van der Waals surface area contributed by atoms with Gasteiger partial charge in [0.25, 0.3) is 5.56 Å². The van der Waals surface area contributed by atoms with Gasteiger partial charge in [0.1, 0.15) is 5.69 Å². The number of hydrogen-bond donors (Lipinski definition) is 1. The molecule has 4 rings (SSSR count). The Morgan fingerprint density at radius 2 is 2.16 bits per heavy atom. The molecule has 0 unspecified atom stereocenters. The molecule has 92 valence electrons. The molecule has 2 aromatic rings. The minimum atomic E-state index is -0.146. The van der Waals surface area contributed by atoms with Crippen molar-refractivity contribution in [3.05, 3.63) is 52.4 Å². The summed E-state index contributed by atoms with van der Waals surface area (Å²) in [5.41, 5.74) is 2.09. The van der Waals surface area contributed by atoms with E-state index in [-0.39, 0.29) is 5.56 Å². The number of thiazole rings is 1. The third-order valence-corrected chi connectivity index (χ3v) is 3.78. The number of aromatic nitrogens is 4. The Bertz CT molecular complexity index is 891. The third kappa shape index (κ3) is 1.43. The van der Waals surface area contributed by atoms with Gasteiger partial charge in [-0.2, -0.15) is 9.78 Å². The molecule has 3 heterocycles. The number of fused-ring (bicyclic) bond motifs is 3. The monoisotopic (exact) mass is 268 g/mol. The highest BCUT2D eigenvalue weighted by Gasteiger charge is 2.19. The molecule has 0 spiro atoms. The van der Waals surface area contributed by atoms with Gasteiger partial charge in [-0.05, 0) is 6.07 Å². The number of H-pyrrole nitrogens is 1. The zero-order valence-electron chi connectivity index (χ0n) is 9.70. The predicted octanol–water partition coefficient (Wildman–Crippen LogP) is 2.28. The molecule has 6 heteroatoms. The van der Waals surface area contributed by atoms with E-state index in [2.05, 4.69) is 15.1 Å². The normalized spacial score (nSPS) is 11.4. The van der Waals surface area contributed by atoms with Crippen LogP contribution in [0.4, 0.5) is 0 Å². The maximum absolute atomic E-state index is 12.3. The van der Waals surface area contributed by atoms with E-state index in [0.29, 0.717) is 16.4 Å². The van der Waals surface area contributed by atoms with Gasteiger partial charge in [-0.15, -0.1) is 11.3 Å². The second kappa shape index (κ2) is 3.76. The van der Waals surface area contributed by atoms with Crippen LogP contribution in [0.5, 0.6) is 0 Å². The Balaban J connectivity index is 2.14. The highest BCUT2D eigenvalue weighted by atomic mass is 32.1. The average molecular weight is 268 g/mol. The van der Waals surface area contributed by atoms with Gasteiger partial charge in [0, 0.05) is 28.7 Å². The van der Waals surface area contributed by atoms with E-state index in [1.807, 2.05) is 29.6 Å². The quantitative estimate of drug-likeness (QED) is 0.576. The first-order valence-corrected chi connectivity index (χ1v) is 6.61. The maximum Gasteiger partial charge on any atom is 0.284 e. The lowest BCUT2D eigenvalue weighted by Gasteiger charge is -2.00. The zero-order chi connectivity index (χ0) is 12.8. The maximum atomic E-state index is 12.3. The first-order valence-electron chi connectivity index (χ1n) is 5.73. The fourth-order valence-corrected chi connectivity index (χ4v) is 2.75. The van der Waals surface area contributed by atoms with Crippen LogP contribution in [-0.4, -0.2) is 19.7 Å². The van der Waals surface area contributed by atoms with Crippen LogP contribution in [-0.2, 0) is 0 Å². The number of nitrogens with zero attached hydrogens (tertiary/aromatic N) is 3. The fourth-order valence-electron chi connectivity index (χ4n) is 2.16. The summed E-state index contributed by atoms with van der Waals surface area (Å²) in [5, 5.41) is 7.77. The van der Waals surface area contributed by atoms with Crippen LogP contribution in [0.1, 0.15) is 0 Å². The highest BCUT2D eigenvalue weighted by molar-refractivity contribution is 7.12. The SMILES string of the molecule is O=c1c2c[nH]c3ccccc3c-2nn1-c1nccs1. The number of aromatic amines is 1.